The number of hydrogen-bond donors (Lipinski definition) is 1. The first-order valence-corrected chi connectivity index (χ1v) is 9.39. The van der Waals surface area contributed by atoms with Gasteiger partial charge in [0.2, 0.25) is 0 Å². The van der Waals surface area contributed by atoms with Gasteiger partial charge in [-0.25, -0.2) is 4.39 Å². The van der Waals surface area contributed by atoms with Crippen LogP contribution in [0.25, 0.3) is 0 Å². The van der Waals surface area contributed by atoms with Crippen molar-refractivity contribution in [3.05, 3.63) is 82.9 Å². The average molecular weight is 379 g/mol. The van der Waals surface area contributed by atoms with E-state index in [0.717, 1.165) is 41.8 Å². The highest BCUT2D eigenvalue weighted by atomic mass is 19.1. The van der Waals surface area contributed by atoms with Crippen LogP contribution < -0.4 is 10.1 Å². The molecule has 6 heteroatoms. The average Bonchev–Trinajstić information content (AvgIpc) is 3.12. The molecule has 1 unspecified atom stereocenters. The highest BCUT2D eigenvalue weighted by Crippen LogP contribution is 2.31. The number of nitrogens with one attached hydrogen (secondary N) is 1. The van der Waals surface area contributed by atoms with Crippen molar-refractivity contribution in [2.24, 2.45) is 0 Å². The van der Waals surface area contributed by atoms with Gasteiger partial charge in [-0.15, -0.1) is 0 Å². The topological polar surface area (TPSA) is 56.1 Å². The van der Waals surface area contributed by atoms with Gasteiger partial charge in [0, 0.05) is 16.8 Å². The molecule has 0 fully saturated rings. The number of ether oxygens (including phenoxy) is 1. The van der Waals surface area contributed by atoms with Crippen LogP contribution in [-0.4, -0.2) is 22.8 Å². The minimum atomic E-state index is -0.511. The Balaban J connectivity index is 1.56. The lowest BCUT2D eigenvalue weighted by Gasteiger charge is -2.24. The molecule has 1 N–H and O–H groups in total. The fourth-order valence-corrected chi connectivity index (χ4v) is 3.78. The Morgan fingerprint density at radius 1 is 1.25 bits per heavy atom. The second kappa shape index (κ2) is 7.84. The van der Waals surface area contributed by atoms with E-state index < -0.39 is 11.7 Å². The maximum Gasteiger partial charge on any atom is 0.254 e. The van der Waals surface area contributed by atoms with Gasteiger partial charge in [0.15, 0.2) is 0 Å². The van der Waals surface area contributed by atoms with E-state index >= 15 is 0 Å². The summed E-state index contributed by atoms with van der Waals surface area (Å²) in [4.78, 5) is 12.5. The van der Waals surface area contributed by atoms with E-state index in [-0.39, 0.29) is 11.6 Å². The number of benzene rings is 2. The van der Waals surface area contributed by atoms with Crippen molar-refractivity contribution in [2.45, 2.75) is 31.8 Å². The van der Waals surface area contributed by atoms with Crippen molar-refractivity contribution in [2.75, 3.05) is 7.11 Å². The van der Waals surface area contributed by atoms with Crippen LogP contribution in [0.2, 0.25) is 0 Å². The minimum Gasteiger partial charge on any atom is -0.496 e. The van der Waals surface area contributed by atoms with Crippen molar-refractivity contribution < 1.29 is 13.9 Å². The Hall–Kier alpha value is -3.15. The lowest BCUT2D eigenvalue weighted by molar-refractivity contribution is 0.0928. The lowest BCUT2D eigenvalue weighted by atomic mass is 9.92. The molecule has 0 spiro atoms. The van der Waals surface area contributed by atoms with E-state index in [1.54, 1.807) is 19.2 Å². The van der Waals surface area contributed by atoms with E-state index in [1.807, 2.05) is 35.1 Å². The molecule has 144 valence electrons. The molecule has 3 aromatic rings. The molecule has 0 radical (unpaired) electrons. The van der Waals surface area contributed by atoms with Gasteiger partial charge >= 0.3 is 0 Å². The van der Waals surface area contributed by atoms with Gasteiger partial charge in [0.25, 0.3) is 5.91 Å². The molecule has 0 saturated heterocycles. The Morgan fingerprint density at radius 2 is 2.04 bits per heavy atom. The molecule has 1 aliphatic rings. The summed E-state index contributed by atoms with van der Waals surface area (Å²) < 4.78 is 21.3. The summed E-state index contributed by atoms with van der Waals surface area (Å²) >= 11 is 0. The van der Waals surface area contributed by atoms with Crippen LogP contribution in [0.1, 0.15) is 46.1 Å². The third kappa shape index (κ3) is 3.50. The fourth-order valence-electron chi connectivity index (χ4n) is 3.78. The van der Waals surface area contributed by atoms with Gasteiger partial charge < -0.3 is 10.1 Å². The summed E-state index contributed by atoms with van der Waals surface area (Å²) in [5.74, 6) is -0.0803. The predicted molar refractivity (Wildman–Crippen MR) is 104 cm³/mol. The minimum absolute atomic E-state index is 0.0658. The number of nitrogens with zero attached hydrogens (tertiary/aromatic N) is 2. The van der Waals surface area contributed by atoms with Crippen molar-refractivity contribution in [1.29, 1.82) is 0 Å². The highest BCUT2D eigenvalue weighted by Gasteiger charge is 2.26. The monoisotopic (exact) mass is 379 g/mol. The number of fused-ring (bicyclic) bond motifs is 1. The number of halogens is 1. The van der Waals surface area contributed by atoms with Crippen LogP contribution in [0.5, 0.6) is 5.75 Å². The van der Waals surface area contributed by atoms with Crippen LogP contribution in [0.15, 0.2) is 54.7 Å². The Morgan fingerprint density at radius 3 is 2.86 bits per heavy atom. The molecule has 0 saturated carbocycles. The SMILES string of the molecule is COc1ccccc1Cn1ncc2c1CCCC2NC(=O)c1ccccc1F. The molecule has 1 aliphatic carbocycles. The smallest absolute Gasteiger partial charge is 0.254 e. The Kier molecular flexibility index (Phi) is 5.10. The predicted octanol–water partition coefficient (Wildman–Crippen LogP) is 3.89. The number of hydrogen-bond acceptors (Lipinski definition) is 3. The second-order valence-corrected chi connectivity index (χ2v) is 6.91. The molecule has 0 bridgehead atoms. The number of carbonyl (C=O) groups is 1. The summed E-state index contributed by atoms with van der Waals surface area (Å²) in [5, 5.41) is 7.53. The Labute approximate surface area is 163 Å². The quantitative estimate of drug-likeness (QED) is 0.732. The first kappa shape index (κ1) is 18.2. The van der Waals surface area contributed by atoms with Crippen LogP contribution in [0.3, 0.4) is 0 Å². The summed E-state index contributed by atoms with van der Waals surface area (Å²) in [6.45, 7) is 0.604. The van der Waals surface area contributed by atoms with Crippen molar-refractivity contribution >= 4 is 5.91 Å². The third-order valence-electron chi connectivity index (χ3n) is 5.20. The molecule has 2 aromatic carbocycles. The van der Waals surface area contributed by atoms with Gasteiger partial charge in [0.05, 0.1) is 31.5 Å². The van der Waals surface area contributed by atoms with Gasteiger partial charge in [-0.2, -0.15) is 5.10 Å². The van der Waals surface area contributed by atoms with Gasteiger partial charge in [-0.3, -0.25) is 9.48 Å². The maximum atomic E-state index is 13.9. The van der Waals surface area contributed by atoms with Crippen LogP contribution in [0.4, 0.5) is 4.39 Å². The Bertz CT molecular complexity index is 999. The van der Waals surface area contributed by atoms with Crippen molar-refractivity contribution in [1.82, 2.24) is 15.1 Å². The second-order valence-electron chi connectivity index (χ2n) is 6.91. The van der Waals surface area contributed by atoms with Crippen molar-refractivity contribution in [3.63, 3.8) is 0 Å². The molecule has 28 heavy (non-hydrogen) atoms. The van der Waals surface area contributed by atoms with Crippen LogP contribution in [-0.2, 0) is 13.0 Å². The number of amides is 1. The van der Waals surface area contributed by atoms with Crippen molar-refractivity contribution in [3.8, 4) is 5.75 Å². The van der Waals surface area contributed by atoms with Gasteiger partial charge in [0.1, 0.15) is 11.6 Å². The third-order valence-corrected chi connectivity index (χ3v) is 5.20. The largest absolute Gasteiger partial charge is 0.496 e. The summed E-state index contributed by atoms with van der Waals surface area (Å²) in [7, 11) is 1.66. The molecular formula is C22H22FN3O2. The fraction of sp³-hybridized carbons (Fsp3) is 0.273. The zero-order valence-corrected chi connectivity index (χ0v) is 15.7. The number of rotatable bonds is 5. The molecule has 1 amide bonds. The van der Waals surface area contributed by atoms with E-state index in [2.05, 4.69) is 10.4 Å². The molecule has 1 heterocycles. The molecule has 5 nitrogen and oxygen atoms in total. The first-order chi connectivity index (χ1) is 13.7. The van der Waals surface area contributed by atoms with E-state index in [9.17, 15) is 9.18 Å². The van der Waals surface area contributed by atoms with E-state index in [4.69, 9.17) is 4.74 Å². The number of aromatic nitrogens is 2. The number of carbonyl (C=O) groups excluding carboxylic acids is 1. The maximum absolute atomic E-state index is 13.9. The lowest BCUT2D eigenvalue weighted by Crippen LogP contribution is -2.31. The van der Waals surface area contributed by atoms with Crippen LogP contribution >= 0.6 is 0 Å². The normalized spacial score (nSPS) is 15.7. The zero-order chi connectivity index (χ0) is 19.5. The molecule has 4 rings (SSSR count). The van der Waals surface area contributed by atoms with Gasteiger partial charge in [-0.05, 0) is 37.5 Å². The summed E-state index contributed by atoms with van der Waals surface area (Å²) in [6.07, 6.45) is 4.47. The molecule has 1 atom stereocenters. The van der Waals surface area contributed by atoms with Gasteiger partial charge in [-0.1, -0.05) is 30.3 Å². The standard InChI is InChI=1S/C22H22FN3O2/c1-28-21-12-5-2-7-15(21)14-26-20-11-6-10-19(17(20)13-24-26)25-22(27)16-8-3-4-9-18(16)23/h2-5,7-9,12-13,19H,6,10-11,14H2,1H3,(H,25,27). The number of para-hydroxylation sites is 1. The molecule has 0 aliphatic heterocycles. The van der Waals surface area contributed by atoms with Crippen LogP contribution in [0, 0.1) is 5.82 Å². The summed E-state index contributed by atoms with van der Waals surface area (Å²) in [6, 6.07) is 13.7. The molecular weight excluding hydrogens is 357 g/mol. The highest BCUT2D eigenvalue weighted by molar-refractivity contribution is 5.94. The zero-order valence-electron chi connectivity index (χ0n) is 15.7. The summed E-state index contributed by atoms with van der Waals surface area (Å²) in [5.41, 5.74) is 3.23. The van der Waals surface area contributed by atoms with E-state index in [1.165, 1.54) is 12.1 Å². The van der Waals surface area contributed by atoms with E-state index in [0.29, 0.717) is 6.54 Å². The number of methoxy groups -OCH3 is 1. The first-order valence-electron chi connectivity index (χ1n) is 9.39. The molecule has 1 aromatic heterocycles.